The van der Waals surface area contributed by atoms with Gasteiger partial charge in [0.25, 0.3) is 0 Å². The zero-order chi connectivity index (χ0) is 26.5. The lowest BCUT2D eigenvalue weighted by molar-refractivity contribution is 0.265. The van der Waals surface area contributed by atoms with Crippen molar-refractivity contribution in [2.24, 2.45) is 4.99 Å². The van der Waals surface area contributed by atoms with Crippen molar-refractivity contribution in [3.63, 3.8) is 0 Å². The Balaban J connectivity index is 1.42. The SMILES string of the molecule is COc1cc([C@H]2COC(c3ccccc3S(=O)c3ccc(C)cc3)=N2)cc(OC)c1OCc1ccccc1. The van der Waals surface area contributed by atoms with Gasteiger partial charge in [0, 0.05) is 4.90 Å². The van der Waals surface area contributed by atoms with Crippen LogP contribution in [0.3, 0.4) is 0 Å². The van der Waals surface area contributed by atoms with E-state index in [2.05, 4.69) is 0 Å². The van der Waals surface area contributed by atoms with Crippen molar-refractivity contribution in [1.29, 1.82) is 0 Å². The number of methoxy groups -OCH3 is 2. The third-order valence-corrected chi connectivity index (χ3v) is 7.75. The molecule has 2 atom stereocenters. The molecule has 38 heavy (non-hydrogen) atoms. The molecule has 1 unspecified atom stereocenters. The molecule has 0 amide bonds. The minimum atomic E-state index is -1.37. The van der Waals surface area contributed by atoms with Gasteiger partial charge in [0.05, 0.1) is 35.5 Å². The first-order chi connectivity index (χ1) is 18.6. The molecule has 7 heteroatoms. The van der Waals surface area contributed by atoms with Crippen molar-refractivity contribution in [3.8, 4) is 17.2 Å². The lowest BCUT2D eigenvalue weighted by atomic mass is 10.1. The van der Waals surface area contributed by atoms with Gasteiger partial charge in [0.1, 0.15) is 19.3 Å². The predicted molar refractivity (Wildman–Crippen MR) is 148 cm³/mol. The molecule has 0 saturated carbocycles. The largest absolute Gasteiger partial charge is 0.493 e. The van der Waals surface area contributed by atoms with Crippen LogP contribution in [0.25, 0.3) is 0 Å². The Morgan fingerprint density at radius 2 is 1.55 bits per heavy atom. The third-order valence-electron chi connectivity index (χ3n) is 6.30. The normalized spacial score (nSPS) is 15.3. The molecule has 0 radical (unpaired) electrons. The zero-order valence-electron chi connectivity index (χ0n) is 21.5. The van der Waals surface area contributed by atoms with E-state index >= 15 is 0 Å². The number of hydrogen-bond donors (Lipinski definition) is 0. The van der Waals surface area contributed by atoms with E-state index in [-0.39, 0.29) is 6.04 Å². The van der Waals surface area contributed by atoms with Crippen LogP contribution in [-0.2, 0) is 22.1 Å². The van der Waals surface area contributed by atoms with Crippen molar-refractivity contribution in [2.45, 2.75) is 29.4 Å². The second kappa shape index (κ2) is 11.5. The molecule has 0 fully saturated rings. The monoisotopic (exact) mass is 527 g/mol. The first-order valence-electron chi connectivity index (χ1n) is 12.3. The van der Waals surface area contributed by atoms with Crippen LogP contribution in [0.1, 0.15) is 28.3 Å². The molecule has 0 aliphatic carbocycles. The Kier molecular flexibility index (Phi) is 7.75. The van der Waals surface area contributed by atoms with Crippen LogP contribution in [0.5, 0.6) is 17.2 Å². The summed E-state index contributed by atoms with van der Waals surface area (Å²) in [4.78, 5) is 6.26. The fourth-order valence-electron chi connectivity index (χ4n) is 4.25. The van der Waals surface area contributed by atoms with Gasteiger partial charge in [-0.25, -0.2) is 9.20 Å². The number of rotatable bonds is 9. The highest BCUT2D eigenvalue weighted by Gasteiger charge is 2.27. The summed E-state index contributed by atoms with van der Waals surface area (Å²) in [7, 11) is 1.84. The Bertz CT molecular complexity index is 1440. The number of ether oxygens (including phenoxy) is 4. The van der Waals surface area contributed by atoms with Crippen LogP contribution in [0.2, 0.25) is 0 Å². The van der Waals surface area contributed by atoms with Gasteiger partial charge in [-0.15, -0.1) is 0 Å². The molecule has 0 N–H and O–H groups in total. The molecule has 0 bridgehead atoms. The predicted octanol–water partition coefficient (Wildman–Crippen LogP) is 6.28. The molecular weight excluding hydrogens is 498 g/mol. The number of benzene rings is 4. The number of nitrogens with zero attached hydrogens (tertiary/aromatic N) is 1. The molecule has 1 aliphatic rings. The van der Waals surface area contributed by atoms with E-state index in [9.17, 15) is 4.21 Å². The van der Waals surface area contributed by atoms with E-state index in [1.807, 2.05) is 97.9 Å². The summed E-state index contributed by atoms with van der Waals surface area (Å²) in [6.07, 6.45) is 0. The van der Waals surface area contributed by atoms with Crippen molar-refractivity contribution >= 4 is 16.7 Å². The fraction of sp³-hybridized carbons (Fsp3) is 0.194. The summed E-state index contributed by atoms with van der Waals surface area (Å²) in [6, 6.07) is 28.7. The van der Waals surface area contributed by atoms with E-state index in [1.165, 1.54) is 0 Å². The molecule has 1 heterocycles. The van der Waals surface area contributed by atoms with Crippen LogP contribution in [0.15, 0.2) is 106 Å². The first kappa shape index (κ1) is 25.5. The van der Waals surface area contributed by atoms with Gasteiger partial charge in [0.2, 0.25) is 11.6 Å². The van der Waals surface area contributed by atoms with E-state index in [1.54, 1.807) is 14.2 Å². The van der Waals surface area contributed by atoms with Gasteiger partial charge >= 0.3 is 0 Å². The van der Waals surface area contributed by atoms with Crippen molar-refractivity contribution < 1.29 is 23.2 Å². The Labute approximate surface area is 225 Å². The lowest BCUT2D eigenvalue weighted by Gasteiger charge is -2.17. The van der Waals surface area contributed by atoms with Crippen molar-refractivity contribution in [2.75, 3.05) is 20.8 Å². The van der Waals surface area contributed by atoms with Gasteiger partial charge < -0.3 is 18.9 Å². The Morgan fingerprint density at radius 3 is 2.24 bits per heavy atom. The summed E-state index contributed by atoms with van der Waals surface area (Å²) in [6.45, 7) is 2.74. The molecule has 0 aromatic heterocycles. The van der Waals surface area contributed by atoms with Crippen LogP contribution < -0.4 is 14.2 Å². The maximum atomic E-state index is 13.4. The summed E-state index contributed by atoms with van der Waals surface area (Å²) in [5, 5.41) is 0. The maximum absolute atomic E-state index is 13.4. The average Bonchev–Trinajstić information content (AvgIpc) is 3.46. The smallest absolute Gasteiger partial charge is 0.218 e. The Morgan fingerprint density at radius 1 is 0.895 bits per heavy atom. The summed E-state index contributed by atoms with van der Waals surface area (Å²) >= 11 is 0. The number of aryl methyl sites for hydroxylation is 1. The minimum absolute atomic E-state index is 0.281. The lowest BCUT2D eigenvalue weighted by Crippen LogP contribution is -2.07. The second-order valence-corrected chi connectivity index (χ2v) is 10.3. The van der Waals surface area contributed by atoms with Crippen molar-refractivity contribution in [1.82, 2.24) is 0 Å². The first-order valence-corrected chi connectivity index (χ1v) is 13.4. The molecule has 4 aromatic carbocycles. The number of aliphatic imine (C=N–C) groups is 1. The summed E-state index contributed by atoms with van der Waals surface area (Å²) in [5.74, 6) is 2.11. The molecule has 6 nitrogen and oxygen atoms in total. The fourth-order valence-corrected chi connectivity index (χ4v) is 5.44. The van der Waals surface area contributed by atoms with E-state index in [0.717, 1.165) is 27.1 Å². The molecular formula is C31H29NO5S. The highest BCUT2D eigenvalue weighted by molar-refractivity contribution is 7.85. The minimum Gasteiger partial charge on any atom is -0.493 e. The Hall–Kier alpha value is -4.10. The zero-order valence-corrected chi connectivity index (χ0v) is 22.4. The molecule has 0 spiro atoms. The van der Waals surface area contributed by atoms with Crippen LogP contribution in [-0.4, -0.2) is 30.9 Å². The van der Waals surface area contributed by atoms with Crippen LogP contribution in [0, 0.1) is 6.92 Å². The average molecular weight is 528 g/mol. The van der Waals surface area contributed by atoms with Gasteiger partial charge in [-0.05, 0) is 54.4 Å². The standard InChI is InChI=1S/C31H29NO5S/c1-21-13-15-24(16-14-21)38(33)29-12-8-7-11-25(29)31-32-26(20-37-31)23-17-27(34-2)30(28(18-23)35-3)36-19-22-9-5-4-6-10-22/h4-18,26H,19-20H2,1-3H3/t26-,38?/m1/s1. The summed E-state index contributed by atoms with van der Waals surface area (Å²) in [5.41, 5.74) is 3.75. The molecule has 194 valence electrons. The van der Waals surface area contributed by atoms with E-state index in [4.69, 9.17) is 23.9 Å². The van der Waals surface area contributed by atoms with E-state index < -0.39 is 10.8 Å². The molecule has 0 saturated heterocycles. The summed E-state index contributed by atoms with van der Waals surface area (Å²) < 4.78 is 36.9. The molecule has 4 aromatic rings. The van der Waals surface area contributed by atoms with Gasteiger partial charge in [-0.3, -0.25) is 0 Å². The highest BCUT2D eigenvalue weighted by atomic mass is 32.2. The van der Waals surface area contributed by atoms with Gasteiger partial charge in [-0.1, -0.05) is 60.2 Å². The second-order valence-electron chi connectivity index (χ2n) is 8.87. The van der Waals surface area contributed by atoms with Gasteiger partial charge in [-0.2, -0.15) is 0 Å². The molecule has 5 rings (SSSR count). The van der Waals surface area contributed by atoms with Crippen LogP contribution >= 0.6 is 0 Å². The van der Waals surface area contributed by atoms with Crippen molar-refractivity contribution in [3.05, 3.63) is 113 Å². The maximum Gasteiger partial charge on any atom is 0.218 e. The van der Waals surface area contributed by atoms with E-state index in [0.29, 0.717) is 41.3 Å². The quantitative estimate of drug-likeness (QED) is 0.256. The van der Waals surface area contributed by atoms with Crippen LogP contribution in [0.4, 0.5) is 0 Å². The third kappa shape index (κ3) is 5.43. The topological polar surface area (TPSA) is 66.4 Å². The molecule has 1 aliphatic heterocycles. The van der Waals surface area contributed by atoms with Gasteiger partial charge in [0.15, 0.2) is 11.5 Å². The number of hydrogen-bond acceptors (Lipinski definition) is 6. The highest BCUT2D eigenvalue weighted by Crippen LogP contribution is 2.42.